The van der Waals surface area contributed by atoms with E-state index < -0.39 is 5.54 Å². The van der Waals surface area contributed by atoms with Gasteiger partial charge in [0.05, 0.1) is 6.07 Å². The zero-order chi connectivity index (χ0) is 12.2. The maximum absolute atomic E-state index is 9.29. The van der Waals surface area contributed by atoms with E-state index in [1.54, 1.807) is 0 Å². The van der Waals surface area contributed by atoms with E-state index in [0.29, 0.717) is 5.92 Å². The minimum atomic E-state index is -0.518. The van der Waals surface area contributed by atoms with Crippen molar-refractivity contribution >= 4 is 21.6 Å². The van der Waals surface area contributed by atoms with E-state index in [-0.39, 0.29) is 0 Å². The monoisotopic (exact) mass is 280 g/mol. The molecule has 3 heteroatoms. The Morgan fingerprint density at radius 1 is 1.56 bits per heavy atom. The van der Waals surface area contributed by atoms with Gasteiger partial charge in [0, 0.05) is 10.2 Å². The summed E-state index contributed by atoms with van der Waals surface area (Å²) in [4.78, 5) is 0. The van der Waals surface area contributed by atoms with Crippen LogP contribution in [0.1, 0.15) is 27.2 Å². The number of benzene rings is 1. The summed E-state index contributed by atoms with van der Waals surface area (Å²) in [6.07, 6.45) is 0.977. The van der Waals surface area contributed by atoms with Crippen molar-refractivity contribution in [3.05, 3.63) is 28.7 Å². The number of rotatable bonds is 4. The fourth-order valence-corrected chi connectivity index (χ4v) is 1.93. The van der Waals surface area contributed by atoms with Crippen LogP contribution in [0.25, 0.3) is 0 Å². The van der Waals surface area contributed by atoms with Crippen molar-refractivity contribution in [2.45, 2.75) is 32.7 Å². The number of nitrogens with one attached hydrogen (secondary N) is 1. The van der Waals surface area contributed by atoms with Crippen molar-refractivity contribution in [2.75, 3.05) is 5.32 Å². The molecule has 1 N–H and O–H groups in total. The lowest BCUT2D eigenvalue weighted by Crippen LogP contribution is -2.39. The van der Waals surface area contributed by atoms with Crippen molar-refractivity contribution in [2.24, 2.45) is 5.92 Å². The van der Waals surface area contributed by atoms with E-state index in [9.17, 15) is 5.26 Å². The van der Waals surface area contributed by atoms with Gasteiger partial charge in [0.2, 0.25) is 0 Å². The fraction of sp³-hybridized carbons (Fsp3) is 0.462. The van der Waals surface area contributed by atoms with Crippen LogP contribution in [-0.2, 0) is 0 Å². The summed E-state index contributed by atoms with van der Waals surface area (Å²) in [5.74, 6) is 0.302. The van der Waals surface area contributed by atoms with E-state index in [1.165, 1.54) is 0 Å². The fourth-order valence-electron chi connectivity index (χ4n) is 1.54. The average molecular weight is 281 g/mol. The second-order valence-corrected chi connectivity index (χ2v) is 5.17. The lowest BCUT2D eigenvalue weighted by atomic mass is 9.86. The summed E-state index contributed by atoms with van der Waals surface area (Å²) >= 11 is 3.42. The summed E-state index contributed by atoms with van der Waals surface area (Å²) in [5.41, 5.74) is 0.453. The predicted octanol–water partition coefficient (Wildman–Crippen LogP) is 4.19. The van der Waals surface area contributed by atoms with Gasteiger partial charge in [0.1, 0.15) is 5.54 Å². The van der Waals surface area contributed by atoms with Crippen molar-refractivity contribution in [3.8, 4) is 6.07 Å². The third-order valence-corrected chi connectivity index (χ3v) is 3.55. The van der Waals surface area contributed by atoms with Crippen LogP contribution in [-0.4, -0.2) is 5.54 Å². The smallest absolute Gasteiger partial charge is 0.125 e. The van der Waals surface area contributed by atoms with Gasteiger partial charge >= 0.3 is 0 Å². The molecule has 0 saturated carbocycles. The van der Waals surface area contributed by atoms with Crippen LogP contribution in [0.5, 0.6) is 0 Å². The molecule has 0 radical (unpaired) electrons. The number of nitriles is 1. The van der Waals surface area contributed by atoms with Crippen molar-refractivity contribution < 1.29 is 0 Å². The van der Waals surface area contributed by atoms with Gasteiger partial charge in [-0.1, -0.05) is 42.3 Å². The molecule has 0 aromatic heterocycles. The molecule has 1 aromatic rings. The molecule has 0 bridgehead atoms. The lowest BCUT2D eigenvalue weighted by molar-refractivity contribution is 0.415. The third-order valence-electron chi connectivity index (χ3n) is 3.06. The van der Waals surface area contributed by atoms with Gasteiger partial charge in [-0.15, -0.1) is 0 Å². The average Bonchev–Trinajstić information content (AvgIpc) is 2.27. The first-order valence-electron chi connectivity index (χ1n) is 5.47. The Morgan fingerprint density at radius 3 is 2.75 bits per heavy atom. The van der Waals surface area contributed by atoms with Crippen molar-refractivity contribution in [1.82, 2.24) is 0 Å². The molecule has 2 unspecified atom stereocenters. The Labute approximate surface area is 106 Å². The van der Waals surface area contributed by atoms with E-state index in [4.69, 9.17) is 0 Å². The molecule has 2 atom stereocenters. The summed E-state index contributed by atoms with van der Waals surface area (Å²) in [5, 5.41) is 12.6. The molecular formula is C13H17BrN2. The maximum Gasteiger partial charge on any atom is 0.125 e. The van der Waals surface area contributed by atoms with Gasteiger partial charge in [-0.3, -0.25) is 0 Å². The first-order chi connectivity index (χ1) is 7.51. The highest BCUT2D eigenvalue weighted by Gasteiger charge is 2.29. The Kier molecular flexibility index (Phi) is 4.37. The standard InChI is InChI=1S/C13H17BrN2/c1-4-10(2)13(3,9-15)16-12-7-5-6-11(14)8-12/h5-8,10,16H,4H2,1-3H3. The van der Waals surface area contributed by atoms with E-state index in [0.717, 1.165) is 16.6 Å². The normalized spacial score (nSPS) is 15.9. The summed E-state index contributed by atoms with van der Waals surface area (Å²) in [6, 6.07) is 10.3. The van der Waals surface area contributed by atoms with Gasteiger partial charge < -0.3 is 5.32 Å². The molecule has 0 amide bonds. The number of hydrogen-bond donors (Lipinski definition) is 1. The Morgan fingerprint density at radius 2 is 2.25 bits per heavy atom. The topological polar surface area (TPSA) is 35.8 Å². The lowest BCUT2D eigenvalue weighted by Gasteiger charge is -2.30. The Hall–Kier alpha value is -1.01. The molecule has 0 fully saturated rings. The molecule has 86 valence electrons. The summed E-state index contributed by atoms with van der Waals surface area (Å²) < 4.78 is 1.02. The zero-order valence-electron chi connectivity index (χ0n) is 9.92. The van der Waals surface area contributed by atoms with Crippen LogP contribution in [0.15, 0.2) is 28.7 Å². The first kappa shape index (κ1) is 13.1. The number of nitrogens with zero attached hydrogens (tertiary/aromatic N) is 1. The molecule has 0 aliphatic carbocycles. The maximum atomic E-state index is 9.29. The van der Waals surface area contributed by atoms with Gasteiger partial charge in [-0.25, -0.2) is 0 Å². The van der Waals surface area contributed by atoms with Crippen LogP contribution in [0.4, 0.5) is 5.69 Å². The van der Waals surface area contributed by atoms with Gasteiger partial charge in [-0.05, 0) is 31.0 Å². The predicted molar refractivity (Wildman–Crippen MR) is 71.2 cm³/mol. The number of halogens is 1. The highest BCUT2D eigenvalue weighted by atomic mass is 79.9. The Balaban J connectivity index is 2.90. The molecule has 1 rings (SSSR count). The van der Waals surface area contributed by atoms with Crippen molar-refractivity contribution in [1.29, 1.82) is 5.26 Å². The second kappa shape index (κ2) is 5.36. The quantitative estimate of drug-likeness (QED) is 0.898. The highest BCUT2D eigenvalue weighted by Crippen LogP contribution is 2.26. The molecule has 2 nitrogen and oxygen atoms in total. The van der Waals surface area contributed by atoms with Crippen LogP contribution in [0, 0.1) is 17.2 Å². The number of anilines is 1. The third kappa shape index (κ3) is 2.99. The SMILES string of the molecule is CCC(C)C(C)(C#N)Nc1cccc(Br)c1. The van der Waals surface area contributed by atoms with E-state index >= 15 is 0 Å². The largest absolute Gasteiger partial charge is 0.367 e. The van der Waals surface area contributed by atoms with Gasteiger partial charge in [-0.2, -0.15) is 5.26 Å². The zero-order valence-corrected chi connectivity index (χ0v) is 11.5. The Bertz CT molecular complexity index is 397. The highest BCUT2D eigenvalue weighted by molar-refractivity contribution is 9.10. The summed E-state index contributed by atoms with van der Waals surface area (Å²) in [7, 11) is 0. The second-order valence-electron chi connectivity index (χ2n) is 4.26. The van der Waals surface area contributed by atoms with Crippen LogP contribution < -0.4 is 5.32 Å². The molecule has 1 aromatic carbocycles. The number of hydrogen-bond acceptors (Lipinski definition) is 2. The van der Waals surface area contributed by atoms with Gasteiger partial charge in [0.15, 0.2) is 0 Å². The van der Waals surface area contributed by atoms with Gasteiger partial charge in [0.25, 0.3) is 0 Å². The molecule has 0 aliphatic rings. The van der Waals surface area contributed by atoms with Crippen LogP contribution >= 0.6 is 15.9 Å². The van der Waals surface area contributed by atoms with Crippen LogP contribution in [0.2, 0.25) is 0 Å². The molecule has 0 heterocycles. The molecule has 0 aliphatic heterocycles. The molecule has 0 spiro atoms. The molecule has 0 saturated heterocycles. The first-order valence-corrected chi connectivity index (χ1v) is 6.26. The summed E-state index contributed by atoms with van der Waals surface area (Å²) in [6.45, 7) is 6.14. The van der Waals surface area contributed by atoms with Crippen molar-refractivity contribution in [3.63, 3.8) is 0 Å². The minimum Gasteiger partial charge on any atom is -0.367 e. The van der Waals surface area contributed by atoms with E-state index in [2.05, 4.69) is 41.2 Å². The van der Waals surface area contributed by atoms with Crippen LogP contribution in [0.3, 0.4) is 0 Å². The van der Waals surface area contributed by atoms with E-state index in [1.807, 2.05) is 31.2 Å². The molecule has 16 heavy (non-hydrogen) atoms. The minimum absolute atomic E-state index is 0.302. The molecular weight excluding hydrogens is 264 g/mol.